The number of unbranched alkanes of at least 4 members (excludes halogenated alkanes) is 5. The van der Waals surface area contributed by atoms with E-state index in [1.54, 1.807) is 0 Å². The SMILES string of the molecule is CCCCCCC1CCC(OC(=O)C2CCC(C3CCC(CCCCC)CC3)CC2)CC1. The number of esters is 1. The number of carbonyl (C=O) groups excluding carboxylic acids is 1. The average Bonchev–Trinajstić information content (AvgIpc) is 2.83. The first-order valence-corrected chi connectivity index (χ1v) is 14.9. The Hall–Kier alpha value is -0.530. The van der Waals surface area contributed by atoms with E-state index in [9.17, 15) is 4.79 Å². The van der Waals surface area contributed by atoms with Gasteiger partial charge in [-0.05, 0) is 87.9 Å². The number of carbonyl (C=O) groups is 1. The van der Waals surface area contributed by atoms with Crippen molar-refractivity contribution in [2.45, 2.75) is 155 Å². The molecule has 0 aliphatic heterocycles. The van der Waals surface area contributed by atoms with E-state index in [-0.39, 0.29) is 18.0 Å². The first-order chi connectivity index (χ1) is 15.7. The highest BCUT2D eigenvalue weighted by Crippen LogP contribution is 2.43. The van der Waals surface area contributed by atoms with Crippen LogP contribution in [0.4, 0.5) is 0 Å². The van der Waals surface area contributed by atoms with Crippen molar-refractivity contribution < 1.29 is 9.53 Å². The molecule has 32 heavy (non-hydrogen) atoms. The van der Waals surface area contributed by atoms with Gasteiger partial charge in [0.05, 0.1) is 5.92 Å². The van der Waals surface area contributed by atoms with Crippen molar-refractivity contribution in [1.82, 2.24) is 0 Å². The minimum absolute atomic E-state index is 0.148. The van der Waals surface area contributed by atoms with Gasteiger partial charge in [-0.1, -0.05) is 84.5 Å². The monoisotopic (exact) mass is 446 g/mol. The zero-order valence-electron chi connectivity index (χ0n) is 21.6. The van der Waals surface area contributed by atoms with E-state index in [2.05, 4.69) is 13.8 Å². The summed E-state index contributed by atoms with van der Waals surface area (Å²) in [5.41, 5.74) is 0. The van der Waals surface area contributed by atoms with Gasteiger partial charge >= 0.3 is 5.97 Å². The first kappa shape index (κ1) is 26.1. The third kappa shape index (κ3) is 8.68. The van der Waals surface area contributed by atoms with Crippen molar-refractivity contribution >= 4 is 5.97 Å². The lowest BCUT2D eigenvalue weighted by molar-refractivity contribution is -0.157. The molecule has 0 bridgehead atoms. The summed E-state index contributed by atoms with van der Waals surface area (Å²) < 4.78 is 6.02. The minimum atomic E-state index is 0.148. The molecule has 3 aliphatic rings. The minimum Gasteiger partial charge on any atom is -0.462 e. The van der Waals surface area contributed by atoms with Crippen LogP contribution in [0.25, 0.3) is 0 Å². The van der Waals surface area contributed by atoms with E-state index < -0.39 is 0 Å². The number of ether oxygens (including phenoxy) is 1. The molecular formula is C30H54O2. The van der Waals surface area contributed by atoms with E-state index in [4.69, 9.17) is 4.74 Å². The predicted molar refractivity (Wildman–Crippen MR) is 136 cm³/mol. The normalized spacial score (nSPS) is 33.7. The van der Waals surface area contributed by atoms with Gasteiger partial charge < -0.3 is 4.74 Å². The molecule has 3 aliphatic carbocycles. The molecule has 0 aromatic rings. The van der Waals surface area contributed by atoms with Crippen molar-refractivity contribution in [3.8, 4) is 0 Å². The quantitative estimate of drug-likeness (QED) is 0.220. The molecule has 0 aromatic heterocycles. The van der Waals surface area contributed by atoms with E-state index in [0.29, 0.717) is 0 Å². The Labute approximate surface area is 200 Å². The van der Waals surface area contributed by atoms with Crippen molar-refractivity contribution in [3.05, 3.63) is 0 Å². The zero-order valence-corrected chi connectivity index (χ0v) is 21.6. The Morgan fingerprint density at radius 3 is 1.62 bits per heavy atom. The summed E-state index contributed by atoms with van der Waals surface area (Å²) in [6, 6.07) is 0. The summed E-state index contributed by atoms with van der Waals surface area (Å²) in [5.74, 6) is 4.08. The first-order valence-electron chi connectivity index (χ1n) is 14.9. The molecule has 0 aromatic carbocycles. The molecule has 0 atom stereocenters. The topological polar surface area (TPSA) is 26.3 Å². The smallest absolute Gasteiger partial charge is 0.309 e. The lowest BCUT2D eigenvalue weighted by atomic mass is 9.68. The van der Waals surface area contributed by atoms with Gasteiger partial charge in [0.25, 0.3) is 0 Å². The maximum atomic E-state index is 12.8. The van der Waals surface area contributed by atoms with Crippen molar-refractivity contribution in [2.24, 2.45) is 29.6 Å². The highest BCUT2D eigenvalue weighted by atomic mass is 16.5. The highest BCUT2D eigenvalue weighted by Gasteiger charge is 2.34. The Morgan fingerprint density at radius 2 is 1.06 bits per heavy atom. The van der Waals surface area contributed by atoms with Gasteiger partial charge in [-0.3, -0.25) is 4.79 Å². The van der Waals surface area contributed by atoms with Crippen LogP contribution in [0, 0.1) is 29.6 Å². The fourth-order valence-corrected chi connectivity index (χ4v) is 7.12. The summed E-state index contributed by atoms with van der Waals surface area (Å²) in [5, 5.41) is 0. The van der Waals surface area contributed by atoms with Crippen LogP contribution in [0.2, 0.25) is 0 Å². The maximum absolute atomic E-state index is 12.8. The lowest BCUT2D eigenvalue weighted by Gasteiger charge is -2.38. The molecule has 0 spiro atoms. The summed E-state index contributed by atoms with van der Waals surface area (Å²) in [4.78, 5) is 12.8. The predicted octanol–water partition coefficient (Wildman–Crippen LogP) is 9.25. The van der Waals surface area contributed by atoms with Crippen LogP contribution in [0.1, 0.15) is 149 Å². The van der Waals surface area contributed by atoms with Crippen molar-refractivity contribution in [3.63, 3.8) is 0 Å². The summed E-state index contributed by atoms with van der Waals surface area (Å²) in [6.45, 7) is 4.59. The standard InChI is InChI=1S/C30H54O2/c1-3-5-7-9-11-25-14-22-29(23-15-25)32-30(31)28-20-18-27(19-21-28)26-16-12-24(13-17-26)10-8-6-4-2/h24-29H,3-23H2,1-2H3. The average molecular weight is 447 g/mol. The van der Waals surface area contributed by atoms with Gasteiger partial charge in [0, 0.05) is 0 Å². The van der Waals surface area contributed by atoms with Crippen LogP contribution in [0.5, 0.6) is 0 Å². The fraction of sp³-hybridized carbons (Fsp3) is 0.967. The lowest BCUT2D eigenvalue weighted by Crippen LogP contribution is -2.32. The molecule has 186 valence electrons. The van der Waals surface area contributed by atoms with Gasteiger partial charge in [0.2, 0.25) is 0 Å². The summed E-state index contributed by atoms with van der Waals surface area (Å²) in [7, 11) is 0. The molecule has 2 heteroatoms. The van der Waals surface area contributed by atoms with E-state index in [0.717, 1.165) is 49.4 Å². The Bertz CT molecular complexity index is 491. The largest absolute Gasteiger partial charge is 0.462 e. The van der Waals surface area contributed by atoms with Gasteiger partial charge in [0.15, 0.2) is 0 Å². The third-order valence-corrected chi connectivity index (χ3v) is 9.42. The molecule has 2 nitrogen and oxygen atoms in total. The number of rotatable bonds is 12. The molecule has 3 rings (SSSR count). The molecular weight excluding hydrogens is 392 g/mol. The number of hydrogen-bond donors (Lipinski definition) is 0. The summed E-state index contributed by atoms with van der Waals surface area (Å²) in [6.07, 6.45) is 28.2. The van der Waals surface area contributed by atoms with Gasteiger partial charge in [-0.2, -0.15) is 0 Å². The Kier molecular flexibility index (Phi) is 12.0. The van der Waals surface area contributed by atoms with Gasteiger partial charge in [0.1, 0.15) is 6.10 Å². The Morgan fingerprint density at radius 1 is 0.594 bits per heavy atom. The fourth-order valence-electron chi connectivity index (χ4n) is 7.12. The van der Waals surface area contributed by atoms with Crippen LogP contribution in [-0.2, 0) is 9.53 Å². The van der Waals surface area contributed by atoms with Gasteiger partial charge in [-0.25, -0.2) is 0 Å². The molecule has 3 saturated carbocycles. The van der Waals surface area contributed by atoms with Crippen molar-refractivity contribution in [1.29, 1.82) is 0 Å². The molecule has 0 N–H and O–H groups in total. The van der Waals surface area contributed by atoms with Crippen LogP contribution in [0.3, 0.4) is 0 Å². The number of hydrogen-bond acceptors (Lipinski definition) is 2. The molecule has 0 saturated heterocycles. The second-order valence-corrected chi connectivity index (χ2v) is 11.8. The maximum Gasteiger partial charge on any atom is 0.309 e. The van der Waals surface area contributed by atoms with Crippen LogP contribution < -0.4 is 0 Å². The molecule has 3 fully saturated rings. The van der Waals surface area contributed by atoms with Crippen LogP contribution in [0.15, 0.2) is 0 Å². The van der Waals surface area contributed by atoms with Crippen LogP contribution >= 0.6 is 0 Å². The molecule has 0 radical (unpaired) electrons. The molecule has 0 unspecified atom stereocenters. The van der Waals surface area contributed by atoms with Crippen LogP contribution in [-0.4, -0.2) is 12.1 Å². The van der Waals surface area contributed by atoms with E-state index >= 15 is 0 Å². The zero-order chi connectivity index (χ0) is 22.6. The molecule has 0 amide bonds. The van der Waals surface area contributed by atoms with Crippen molar-refractivity contribution in [2.75, 3.05) is 0 Å². The Balaban J connectivity index is 1.27. The van der Waals surface area contributed by atoms with Gasteiger partial charge in [-0.15, -0.1) is 0 Å². The highest BCUT2D eigenvalue weighted by molar-refractivity contribution is 5.72. The summed E-state index contributed by atoms with van der Waals surface area (Å²) >= 11 is 0. The third-order valence-electron chi connectivity index (χ3n) is 9.42. The van der Waals surface area contributed by atoms with E-state index in [1.165, 1.54) is 109 Å². The second-order valence-electron chi connectivity index (χ2n) is 11.8. The van der Waals surface area contributed by atoms with E-state index in [1.807, 2.05) is 0 Å². The second kappa shape index (κ2) is 14.7. The molecule has 0 heterocycles.